The van der Waals surface area contributed by atoms with Gasteiger partial charge in [0.1, 0.15) is 0 Å². The Morgan fingerprint density at radius 1 is 0.864 bits per heavy atom. The van der Waals surface area contributed by atoms with E-state index in [1.165, 1.54) is 57.8 Å². The lowest BCUT2D eigenvalue weighted by Crippen LogP contribution is -2.13. The molecule has 22 heavy (non-hydrogen) atoms. The maximum absolute atomic E-state index is 11.7. The third-order valence-electron chi connectivity index (χ3n) is 3.82. The molecule has 0 bridgehead atoms. The summed E-state index contributed by atoms with van der Waals surface area (Å²) in [4.78, 5) is 19.6. The summed E-state index contributed by atoms with van der Waals surface area (Å²) in [6.45, 7) is 2.26. The van der Waals surface area contributed by atoms with Crippen LogP contribution in [0.4, 0.5) is 5.95 Å². The van der Waals surface area contributed by atoms with Crippen LogP contribution < -0.4 is 5.32 Å². The molecule has 0 aliphatic carbocycles. The van der Waals surface area contributed by atoms with Gasteiger partial charge in [-0.15, -0.1) is 0 Å². The zero-order chi connectivity index (χ0) is 15.9. The van der Waals surface area contributed by atoms with Crippen LogP contribution >= 0.6 is 0 Å². The fraction of sp³-hybridized carbons (Fsp3) is 0.722. The van der Waals surface area contributed by atoms with Crippen molar-refractivity contribution in [3.8, 4) is 0 Å². The fourth-order valence-corrected chi connectivity index (χ4v) is 2.50. The van der Waals surface area contributed by atoms with E-state index in [0.29, 0.717) is 12.4 Å². The first kappa shape index (κ1) is 18.6. The van der Waals surface area contributed by atoms with Gasteiger partial charge in [0, 0.05) is 18.8 Å². The quantitative estimate of drug-likeness (QED) is 0.515. The van der Waals surface area contributed by atoms with Gasteiger partial charge < -0.3 is 0 Å². The van der Waals surface area contributed by atoms with Crippen LogP contribution in [0.15, 0.2) is 18.5 Å². The molecule has 124 valence electrons. The van der Waals surface area contributed by atoms with Crippen molar-refractivity contribution < 1.29 is 4.79 Å². The minimum Gasteiger partial charge on any atom is -0.295 e. The number of nitrogens with zero attached hydrogens (tertiary/aromatic N) is 2. The predicted octanol–water partition coefficient (Wildman–Crippen LogP) is 5.12. The van der Waals surface area contributed by atoms with Gasteiger partial charge in [-0.05, 0) is 12.5 Å². The SMILES string of the molecule is CCCCCCCCCCCCCC(=O)Nc1ncccn1. The standard InChI is InChI=1S/C18H31N3O/c1-2-3-4-5-6-7-8-9-10-11-12-14-17(22)21-18-19-15-13-16-20-18/h13,15-16H,2-12,14H2,1H3,(H,19,20,21,22). The Kier molecular flexibility index (Phi) is 11.2. The van der Waals surface area contributed by atoms with Crippen LogP contribution in [0.3, 0.4) is 0 Å². The third kappa shape index (κ3) is 10.3. The fourth-order valence-electron chi connectivity index (χ4n) is 2.50. The van der Waals surface area contributed by atoms with Crippen LogP contribution in [0.25, 0.3) is 0 Å². The second-order valence-electron chi connectivity index (χ2n) is 5.91. The van der Waals surface area contributed by atoms with Gasteiger partial charge in [0.2, 0.25) is 11.9 Å². The number of aromatic nitrogens is 2. The van der Waals surface area contributed by atoms with E-state index < -0.39 is 0 Å². The number of hydrogen-bond acceptors (Lipinski definition) is 3. The number of carbonyl (C=O) groups excluding carboxylic acids is 1. The van der Waals surface area contributed by atoms with Crippen molar-refractivity contribution in [2.24, 2.45) is 0 Å². The van der Waals surface area contributed by atoms with Crippen LogP contribution in [0.5, 0.6) is 0 Å². The molecule has 0 atom stereocenters. The van der Waals surface area contributed by atoms with Crippen molar-refractivity contribution in [2.45, 2.75) is 84.0 Å². The highest BCUT2D eigenvalue weighted by molar-refractivity contribution is 5.88. The lowest BCUT2D eigenvalue weighted by atomic mass is 10.1. The maximum atomic E-state index is 11.7. The molecule has 0 aliphatic heterocycles. The minimum absolute atomic E-state index is 0.0159. The summed E-state index contributed by atoms with van der Waals surface area (Å²) in [5, 5.41) is 2.72. The molecule has 4 heteroatoms. The van der Waals surface area contributed by atoms with Crippen LogP contribution in [-0.2, 0) is 4.79 Å². The van der Waals surface area contributed by atoms with E-state index >= 15 is 0 Å². The topological polar surface area (TPSA) is 54.9 Å². The van der Waals surface area contributed by atoms with Gasteiger partial charge in [0.05, 0.1) is 0 Å². The summed E-state index contributed by atoms with van der Waals surface area (Å²) in [6, 6.07) is 1.74. The average Bonchev–Trinajstić information content (AvgIpc) is 2.53. The van der Waals surface area contributed by atoms with E-state index in [9.17, 15) is 4.79 Å². The zero-order valence-corrected chi connectivity index (χ0v) is 14.0. The van der Waals surface area contributed by atoms with Gasteiger partial charge in [0.15, 0.2) is 0 Å². The van der Waals surface area contributed by atoms with Crippen LogP contribution in [0.1, 0.15) is 84.0 Å². The minimum atomic E-state index is 0.0159. The van der Waals surface area contributed by atoms with Crippen molar-refractivity contribution in [2.75, 3.05) is 5.32 Å². The molecule has 0 saturated carbocycles. The monoisotopic (exact) mass is 305 g/mol. The number of anilines is 1. The summed E-state index contributed by atoms with van der Waals surface area (Å²) in [6.07, 6.45) is 18.1. The van der Waals surface area contributed by atoms with Crippen LogP contribution in [0.2, 0.25) is 0 Å². The highest BCUT2D eigenvalue weighted by Crippen LogP contribution is 2.12. The number of unbranched alkanes of at least 4 members (excludes halogenated alkanes) is 10. The Bertz CT molecular complexity index is 381. The van der Waals surface area contributed by atoms with E-state index in [0.717, 1.165) is 12.8 Å². The lowest BCUT2D eigenvalue weighted by Gasteiger charge is -2.04. The van der Waals surface area contributed by atoms with Crippen molar-refractivity contribution in [1.29, 1.82) is 0 Å². The lowest BCUT2D eigenvalue weighted by molar-refractivity contribution is -0.116. The largest absolute Gasteiger partial charge is 0.295 e. The van der Waals surface area contributed by atoms with Crippen LogP contribution in [0, 0.1) is 0 Å². The molecule has 1 aromatic heterocycles. The first-order valence-corrected chi connectivity index (χ1v) is 8.90. The van der Waals surface area contributed by atoms with E-state index in [1.807, 2.05) is 0 Å². The number of hydrogen-bond donors (Lipinski definition) is 1. The summed E-state index contributed by atoms with van der Waals surface area (Å²) >= 11 is 0. The number of carbonyl (C=O) groups is 1. The Hall–Kier alpha value is -1.45. The Balaban J connectivity index is 1.86. The second kappa shape index (κ2) is 13.2. The average molecular weight is 305 g/mol. The van der Waals surface area contributed by atoms with E-state index in [4.69, 9.17) is 0 Å². The molecule has 1 heterocycles. The Morgan fingerprint density at radius 2 is 1.36 bits per heavy atom. The Morgan fingerprint density at radius 3 is 1.91 bits per heavy atom. The van der Waals surface area contributed by atoms with Gasteiger partial charge in [0.25, 0.3) is 0 Å². The Labute approximate surface area is 135 Å². The predicted molar refractivity (Wildman–Crippen MR) is 91.7 cm³/mol. The molecule has 0 aromatic carbocycles. The van der Waals surface area contributed by atoms with Crippen molar-refractivity contribution in [1.82, 2.24) is 9.97 Å². The molecule has 0 saturated heterocycles. The molecule has 1 N–H and O–H groups in total. The summed E-state index contributed by atoms with van der Waals surface area (Å²) in [5.74, 6) is 0.415. The first-order chi connectivity index (χ1) is 10.8. The molecule has 1 aromatic rings. The molecular weight excluding hydrogens is 274 g/mol. The first-order valence-electron chi connectivity index (χ1n) is 8.90. The van der Waals surface area contributed by atoms with E-state index in [2.05, 4.69) is 22.2 Å². The molecule has 0 spiro atoms. The molecule has 1 rings (SSSR count). The van der Waals surface area contributed by atoms with Gasteiger partial charge in [-0.25, -0.2) is 9.97 Å². The molecule has 0 unspecified atom stereocenters. The number of amides is 1. The van der Waals surface area contributed by atoms with E-state index in [-0.39, 0.29) is 5.91 Å². The normalized spacial score (nSPS) is 10.6. The van der Waals surface area contributed by atoms with Crippen LogP contribution in [-0.4, -0.2) is 15.9 Å². The van der Waals surface area contributed by atoms with Gasteiger partial charge in [-0.2, -0.15) is 0 Å². The number of rotatable bonds is 13. The molecule has 0 aliphatic rings. The van der Waals surface area contributed by atoms with Crippen molar-refractivity contribution in [3.63, 3.8) is 0 Å². The summed E-state index contributed by atoms with van der Waals surface area (Å²) < 4.78 is 0. The van der Waals surface area contributed by atoms with Gasteiger partial charge in [-0.3, -0.25) is 10.1 Å². The smallest absolute Gasteiger partial charge is 0.229 e. The molecule has 4 nitrogen and oxygen atoms in total. The van der Waals surface area contributed by atoms with Gasteiger partial charge >= 0.3 is 0 Å². The second-order valence-corrected chi connectivity index (χ2v) is 5.91. The molecule has 0 radical (unpaired) electrons. The maximum Gasteiger partial charge on any atom is 0.229 e. The molecular formula is C18H31N3O. The highest BCUT2D eigenvalue weighted by atomic mass is 16.1. The zero-order valence-electron chi connectivity index (χ0n) is 14.0. The molecule has 0 fully saturated rings. The third-order valence-corrected chi connectivity index (χ3v) is 3.82. The molecule has 1 amide bonds. The summed E-state index contributed by atoms with van der Waals surface area (Å²) in [7, 11) is 0. The summed E-state index contributed by atoms with van der Waals surface area (Å²) in [5.41, 5.74) is 0. The van der Waals surface area contributed by atoms with Crippen molar-refractivity contribution in [3.05, 3.63) is 18.5 Å². The highest BCUT2D eigenvalue weighted by Gasteiger charge is 2.03. The van der Waals surface area contributed by atoms with E-state index in [1.54, 1.807) is 18.5 Å². The van der Waals surface area contributed by atoms with Crippen molar-refractivity contribution >= 4 is 11.9 Å². The van der Waals surface area contributed by atoms with Gasteiger partial charge in [-0.1, -0.05) is 71.1 Å². The number of nitrogens with one attached hydrogen (secondary N) is 1.